The summed E-state index contributed by atoms with van der Waals surface area (Å²) in [6.45, 7) is 2.19. The molecule has 1 aliphatic heterocycles. The van der Waals surface area contributed by atoms with Gasteiger partial charge in [-0.1, -0.05) is 12.8 Å². The molecular formula is C16H23BN2O. The number of anilines is 2. The first-order chi connectivity index (χ1) is 9.65. The van der Waals surface area contributed by atoms with Crippen LogP contribution in [-0.4, -0.2) is 28.0 Å². The van der Waals surface area contributed by atoms with Gasteiger partial charge in [0, 0.05) is 18.8 Å². The molecule has 0 unspecified atom stereocenters. The first-order valence-electron chi connectivity index (χ1n) is 7.62. The van der Waals surface area contributed by atoms with E-state index in [1.54, 1.807) is 7.11 Å². The number of benzene rings is 1. The Balaban J connectivity index is 1.78. The molecule has 1 saturated carbocycles. The van der Waals surface area contributed by atoms with Crippen LogP contribution < -0.4 is 20.8 Å². The molecule has 3 nitrogen and oxygen atoms in total. The molecule has 1 spiro atoms. The van der Waals surface area contributed by atoms with Crippen molar-refractivity contribution in [3.63, 3.8) is 0 Å². The highest BCUT2D eigenvalue weighted by Gasteiger charge is 2.37. The van der Waals surface area contributed by atoms with Crippen LogP contribution >= 0.6 is 0 Å². The molecule has 4 heteroatoms. The van der Waals surface area contributed by atoms with Crippen LogP contribution in [0.5, 0.6) is 5.75 Å². The van der Waals surface area contributed by atoms with E-state index in [1.165, 1.54) is 38.5 Å². The maximum atomic E-state index is 6.22. The van der Waals surface area contributed by atoms with E-state index in [0.717, 1.165) is 18.8 Å². The van der Waals surface area contributed by atoms with Crippen molar-refractivity contribution in [1.82, 2.24) is 0 Å². The predicted octanol–water partition coefficient (Wildman–Crippen LogP) is 2.23. The summed E-state index contributed by atoms with van der Waals surface area (Å²) in [7, 11) is 7.84. The van der Waals surface area contributed by atoms with Crippen molar-refractivity contribution in [3.05, 3.63) is 12.1 Å². The quantitative estimate of drug-likeness (QED) is 0.661. The Kier molecular flexibility index (Phi) is 3.57. The molecule has 1 saturated heterocycles. The van der Waals surface area contributed by atoms with E-state index in [0.29, 0.717) is 22.3 Å². The van der Waals surface area contributed by atoms with E-state index in [9.17, 15) is 0 Å². The minimum absolute atomic E-state index is 0.609. The average Bonchev–Trinajstić information content (AvgIpc) is 2.89. The van der Waals surface area contributed by atoms with Gasteiger partial charge in [-0.3, -0.25) is 0 Å². The zero-order valence-electron chi connectivity index (χ0n) is 12.3. The van der Waals surface area contributed by atoms with Crippen LogP contribution in [0.15, 0.2) is 12.1 Å². The van der Waals surface area contributed by atoms with Gasteiger partial charge >= 0.3 is 0 Å². The highest BCUT2D eigenvalue weighted by atomic mass is 16.5. The zero-order valence-corrected chi connectivity index (χ0v) is 12.3. The smallest absolute Gasteiger partial charge is 0.136 e. The first-order valence-corrected chi connectivity index (χ1v) is 7.62. The third-order valence-electron chi connectivity index (χ3n) is 5.24. The molecule has 0 amide bonds. The lowest BCUT2D eigenvalue weighted by molar-refractivity contribution is 0.226. The number of hydrogen-bond acceptors (Lipinski definition) is 3. The van der Waals surface area contributed by atoms with Gasteiger partial charge in [-0.25, -0.2) is 0 Å². The van der Waals surface area contributed by atoms with Crippen molar-refractivity contribution in [2.24, 2.45) is 5.41 Å². The number of nitrogens with zero attached hydrogens (tertiary/aromatic N) is 1. The van der Waals surface area contributed by atoms with Crippen molar-refractivity contribution < 1.29 is 4.74 Å². The van der Waals surface area contributed by atoms with Gasteiger partial charge in [0.1, 0.15) is 13.6 Å². The van der Waals surface area contributed by atoms with Gasteiger partial charge in [0.15, 0.2) is 0 Å². The number of hydrogen-bond donors (Lipinski definition) is 1. The lowest BCUT2D eigenvalue weighted by Gasteiger charge is -2.41. The number of methoxy groups -OCH3 is 1. The van der Waals surface area contributed by atoms with Crippen LogP contribution in [0, 0.1) is 5.41 Å². The summed E-state index contributed by atoms with van der Waals surface area (Å²) < 4.78 is 5.32. The maximum Gasteiger partial charge on any atom is 0.136 e. The molecule has 3 rings (SSSR count). The SMILES string of the molecule is [B]c1c(N2CCC3(CCCC3)CC2)ccc(N)c1OC. The van der Waals surface area contributed by atoms with Crippen molar-refractivity contribution in [1.29, 1.82) is 0 Å². The highest BCUT2D eigenvalue weighted by Crippen LogP contribution is 2.46. The fourth-order valence-electron chi connectivity index (χ4n) is 3.96. The minimum atomic E-state index is 0.609. The van der Waals surface area contributed by atoms with Crippen molar-refractivity contribution in [2.75, 3.05) is 30.8 Å². The Morgan fingerprint density at radius 2 is 1.80 bits per heavy atom. The lowest BCUT2D eigenvalue weighted by Crippen LogP contribution is -2.41. The number of ether oxygens (including phenoxy) is 1. The fourth-order valence-corrected chi connectivity index (χ4v) is 3.96. The van der Waals surface area contributed by atoms with Crippen LogP contribution in [0.4, 0.5) is 11.4 Å². The summed E-state index contributed by atoms with van der Waals surface area (Å²) in [6.07, 6.45) is 8.25. The number of nitrogens with two attached hydrogens (primary N) is 1. The summed E-state index contributed by atoms with van der Waals surface area (Å²) in [5.41, 5.74) is 8.89. The second-order valence-corrected chi connectivity index (χ2v) is 6.31. The molecule has 1 aliphatic carbocycles. The molecule has 2 aliphatic rings. The standard InChI is InChI=1S/C16H23BN2O/c1-20-15-12(18)4-5-13(14(15)17)19-10-8-16(9-11-19)6-2-3-7-16/h4-5H,2-3,6-11,18H2,1H3. The van der Waals surface area contributed by atoms with E-state index in [4.69, 9.17) is 18.3 Å². The minimum Gasteiger partial charge on any atom is -0.495 e. The predicted molar refractivity (Wildman–Crippen MR) is 85.1 cm³/mol. The van der Waals surface area contributed by atoms with Gasteiger partial charge in [0.25, 0.3) is 0 Å². The Hall–Kier alpha value is -1.32. The van der Waals surface area contributed by atoms with E-state index in [2.05, 4.69) is 4.90 Å². The van der Waals surface area contributed by atoms with E-state index < -0.39 is 0 Å². The zero-order chi connectivity index (χ0) is 14.2. The van der Waals surface area contributed by atoms with Gasteiger partial charge in [-0.2, -0.15) is 0 Å². The molecule has 2 N–H and O–H groups in total. The first kappa shape index (κ1) is 13.7. The van der Waals surface area contributed by atoms with Crippen molar-refractivity contribution in [3.8, 4) is 5.75 Å². The van der Waals surface area contributed by atoms with E-state index in [-0.39, 0.29) is 0 Å². The third kappa shape index (κ3) is 2.25. The van der Waals surface area contributed by atoms with Crippen LogP contribution in [0.3, 0.4) is 0 Å². The average molecular weight is 270 g/mol. The molecule has 1 aromatic rings. The van der Waals surface area contributed by atoms with Crippen LogP contribution in [0.1, 0.15) is 38.5 Å². The van der Waals surface area contributed by atoms with Gasteiger partial charge in [-0.05, 0) is 48.7 Å². The van der Waals surface area contributed by atoms with Gasteiger partial charge in [0.2, 0.25) is 0 Å². The van der Waals surface area contributed by atoms with Crippen LogP contribution in [0.25, 0.3) is 0 Å². The molecule has 2 fully saturated rings. The Bertz CT molecular complexity index is 487. The molecule has 0 aromatic heterocycles. The molecular weight excluding hydrogens is 247 g/mol. The Morgan fingerprint density at radius 1 is 1.15 bits per heavy atom. The second-order valence-electron chi connectivity index (χ2n) is 6.31. The number of piperidine rings is 1. The third-order valence-corrected chi connectivity index (χ3v) is 5.24. The fraction of sp³-hybridized carbons (Fsp3) is 0.625. The van der Waals surface area contributed by atoms with Gasteiger partial charge < -0.3 is 15.4 Å². The largest absolute Gasteiger partial charge is 0.495 e. The molecule has 106 valence electrons. The number of rotatable bonds is 2. The molecule has 2 radical (unpaired) electrons. The van der Waals surface area contributed by atoms with Gasteiger partial charge in [0.05, 0.1) is 12.8 Å². The van der Waals surface area contributed by atoms with Crippen LogP contribution in [0.2, 0.25) is 0 Å². The normalized spacial score (nSPS) is 21.4. The molecule has 0 bridgehead atoms. The molecule has 1 aromatic carbocycles. The Labute approximate surface area is 122 Å². The summed E-state index contributed by atoms with van der Waals surface area (Å²) in [4.78, 5) is 2.39. The summed E-state index contributed by atoms with van der Waals surface area (Å²) in [6, 6.07) is 3.92. The summed E-state index contributed by atoms with van der Waals surface area (Å²) >= 11 is 0. The Morgan fingerprint density at radius 3 is 2.40 bits per heavy atom. The topological polar surface area (TPSA) is 38.5 Å². The summed E-state index contributed by atoms with van der Waals surface area (Å²) in [5, 5.41) is 0. The van der Waals surface area contributed by atoms with Gasteiger partial charge in [-0.15, -0.1) is 0 Å². The second kappa shape index (κ2) is 5.23. The monoisotopic (exact) mass is 270 g/mol. The number of nitrogen functional groups attached to an aromatic ring is 1. The molecule has 20 heavy (non-hydrogen) atoms. The van der Waals surface area contributed by atoms with Crippen LogP contribution in [-0.2, 0) is 0 Å². The van der Waals surface area contributed by atoms with Crippen molar-refractivity contribution in [2.45, 2.75) is 38.5 Å². The highest BCUT2D eigenvalue weighted by molar-refractivity contribution is 6.38. The maximum absolute atomic E-state index is 6.22. The van der Waals surface area contributed by atoms with E-state index >= 15 is 0 Å². The van der Waals surface area contributed by atoms with Crippen molar-refractivity contribution >= 4 is 24.7 Å². The molecule has 1 heterocycles. The summed E-state index contributed by atoms with van der Waals surface area (Å²) in [5.74, 6) is 0.614. The lowest BCUT2D eigenvalue weighted by atomic mass is 9.76. The van der Waals surface area contributed by atoms with E-state index in [1.807, 2.05) is 12.1 Å². The molecule has 0 atom stereocenters.